The van der Waals surface area contributed by atoms with E-state index in [-0.39, 0.29) is 31.6 Å². The maximum absolute atomic E-state index is 12.3. The first-order chi connectivity index (χ1) is 12.2. The van der Waals surface area contributed by atoms with Crippen molar-refractivity contribution < 1.29 is 19.7 Å². The molecule has 25 heavy (non-hydrogen) atoms. The standard InChI is InChI=1S/C20H21NO4/c22-11-13-9-21(10-19(13)23)20(24)25-12-18-16-7-3-1-5-14(16)15-6-2-4-8-17(15)18/h1-8,13,18-19,22-23H,9-12H2/t13-,19+/m1/s1. The summed E-state index contributed by atoms with van der Waals surface area (Å²) in [6, 6.07) is 16.4. The molecule has 1 aliphatic heterocycles. The van der Waals surface area contributed by atoms with E-state index in [0.717, 1.165) is 0 Å². The van der Waals surface area contributed by atoms with Crippen LogP contribution in [-0.2, 0) is 4.74 Å². The number of fused-ring (bicyclic) bond motifs is 3. The number of β-amino-alcohol motifs (C(OH)–C–C–N with tert-alkyl or cyclic N) is 1. The SMILES string of the molecule is O=C(OCC1c2ccccc2-c2ccccc21)N1C[C@H](CO)[C@@H](O)C1. The maximum atomic E-state index is 12.3. The number of aliphatic hydroxyl groups is 2. The van der Waals surface area contributed by atoms with Crippen molar-refractivity contribution in [2.24, 2.45) is 5.92 Å². The number of benzene rings is 2. The second-order valence-electron chi connectivity index (χ2n) is 6.72. The van der Waals surface area contributed by atoms with Gasteiger partial charge in [-0.15, -0.1) is 0 Å². The lowest BCUT2D eigenvalue weighted by molar-refractivity contribution is 0.0960. The Labute approximate surface area is 146 Å². The molecule has 2 aromatic rings. The van der Waals surface area contributed by atoms with E-state index in [9.17, 15) is 15.0 Å². The third-order valence-corrected chi connectivity index (χ3v) is 5.24. The normalized spacial score (nSPS) is 21.9. The zero-order chi connectivity index (χ0) is 17.4. The van der Waals surface area contributed by atoms with Gasteiger partial charge in [0.15, 0.2) is 0 Å². The predicted octanol–water partition coefficient (Wildman–Crippen LogP) is 2.22. The summed E-state index contributed by atoms with van der Waals surface area (Å²) in [5.41, 5.74) is 4.73. The lowest BCUT2D eigenvalue weighted by atomic mass is 9.98. The van der Waals surface area contributed by atoms with E-state index in [4.69, 9.17) is 4.74 Å². The molecule has 2 aliphatic rings. The molecule has 0 unspecified atom stereocenters. The lowest BCUT2D eigenvalue weighted by Crippen LogP contribution is -2.31. The van der Waals surface area contributed by atoms with E-state index >= 15 is 0 Å². The van der Waals surface area contributed by atoms with Gasteiger partial charge in [0.2, 0.25) is 0 Å². The van der Waals surface area contributed by atoms with Crippen LogP contribution in [0, 0.1) is 5.92 Å². The first-order valence-electron chi connectivity index (χ1n) is 8.58. The molecular weight excluding hydrogens is 318 g/mol. The molecule has 1 saturated heterocycles. The van der Waals surface area contributed by atoms with Crippen LogP contribution >= 0.6 is 0 Å². The molecule has 0 aromatic heterocycles. The Morgan fingerprint density at radius 1 is 1.04 bits per heavy atom. The first-order valence-corrected chi connectivity index (χ1v) is 8.58. The molecule has 2 atom stereocenters. The minimum Gasteiger partial charge on any atom is -0.448 e. The Balaban J connectivity index is 1.49. The zero-order valence-electron chi connectivity index (χ0n) is 13.8. The van der Waals surface area contributed by atoms with Crippen LogP contribution in [0.2, 0.25) is 0 Å². The number of likely N-dealkylation sites (tertiary alicyclic amines) is 1. The highest BCUT2D eigenvalue weighted by molar-refractivity contribution is 5.79. The molecule has 2 aromatic carbocycles. The Kier molecular flexibility index (Phi) is 4.19. The van der Waals surface area contributed by atoms with Crippen LogP contribution < -0.4 is 0 Å². The summed E-state index contributed by atoms with van der Waals surface area (Å²) in [7, 11) is 0. The molecule has 5 nitrogen and oxygen atoms in total. The number of nitrogens with zero attached hydrogens (tertiary/aromatic N) is 1. The summed E-state index contributed by atoms with van der Waals surface area (Å²) >= 11 is 0. The average molecular weight is 339 g/mol. The predicted molar refractivity (Wildman–Crippen MR) is 93.2 cm³/mol. The van der Waals surface area contributed by atoms with Gasteiger partial charge in [-0.1, -0.05) is 48.5 Å². The Morgan fingerprint density at radius 2 is 1.64 bits per heavy atom. The number of ether oxygens (including phenoxy) is 1. The van der Waals surface area contributed by atoms with Gasteiger partial charge in [-0.05, 0) is 22.3 Å². The first kappa shape index (κ1) is 16.1. The van der Waals surface area contributed by atoms with Gasteiger partial charge in [0.25, 0.3) is 0 Å². The van der Waals surface area contributed by atoms with E-state index < -0.39 is 12.2 Å². The number of amides is 1. The summed E-state index contributed by atoms with van der Waals surface area (Å²) in [4.78, 5) is 13.8. The van der Waals surface area contributed by atoms with Gasteiger partial charge in [-0.3, -0.25) is 0 Å². The monoisotopic (exact) mass is 339 g/mol. The van der Waals surface area contributed by atoms with Crippen molar-refractivity contribution in [1.82, 2.24) is 4.90 Å². The van der Waals surface area contributed by atoms with Gasteiger partial charge < -0.3 is 19.8 Å². The van der Waals surface area contributed by atoms with Crippen LogP contribution in [0.4, 0.5) is 4.79 Å². The molecule has 1 amide bonds. The molecule has 1 aliphatic carbocycles. The molecule has 0 bridgehead atoms. The van der Waals surface area contributed by atoms with E-state index in [1.807, 2.05) is 24.3 Å². The van der Waals surface area contributed by atoms with Crippen LogP contribution in [0.25, 0.3) is 11.1 Å². The largest absolute Gasteiger partial charge is 0.448 e. The van der Waals surface area contributed by atoms with Crippen LogP contribution in [0.3, 0.4) is 0 Å². The van der Waals surface area contributed by atoms with Crippen molar-refractivity contribution in [2.45, 2.75) is 12.0 Å². The highest BCUT2D eigenvalue weighted by atomic mass is 16.6. The van der Waals surface area contributed by atoms with Crippen LogP contribution in [0.5, 0.6) is 0 Å². The molecule has 0 radical (unpaired) electrons. The Hall–Kier alpha value is -2.37. The number of carbonyl (C=O) groups is 1. The summed E-state index contributed by atoms with van der Waals surface area (Å²) < 4.78 is 5.56. The molecule has 2 N–H and O–H groups in total. The minimum absolute atomic E-state index is 0.0255. The van der Waals surface area contributed by atoms with Crippen LogP contribution in [-0.4, -0.2) is 53.6 Å². The smallest absolute Gasteiger partial charge is 0.409 e. The third-order valence-electron chi connectivity index (χ3n) is 5.24. The third kappa shape index (κ3) is 2.79. The topological polar surface area (TPSA) is 70.0 Å². The Morgan fingerprint density at radius 3 is 2.20 bits per heavy atom. The number of hydrogen-bond acceptors (Lipinski definition) is 4. The number of aliphatic hydroxyl groups excluding tert-OH is 2. The van der Waals surface area contributed by atoms with Gasteiger partial charge >= 0.3 is 6.09 Å². The number of rotatable bonds is 3. The van der Waals surface area contributed by atoms with Crippen molar-refractivity contribution in [3.05, 3.63) is 59.7 Å². The molecule has 130 valence electrons. The van der Waals surface area contributed by atoms with Crippen LogP contribution in [0.15, 0.2) is 48.5 Å². The molecule has 4 rings (SSSR count). The van der Waals surface area contributed by atoms with Crippen molar-refractivity contribution in [2.75, 3.05) is 26.3 Å². The summed E-state index contributed by atoms with van der Waals surface area (Å²) in [6.45, 7) is 0.674. The van der Waals surface area contributed by atoms with E-state index in [1.165, 1.54) is 27.2 Å². The van der Waals surface area contributed by atoms with Gasteiger partial charge in [0.05, 0.1) is 19.3 Å². The highest BCUT2D eigenvalue weighted by Crippen LogP contribution is 2.44. The van der Waals surface area contributed by atoms with Crippen LogP contribution in [0.1, 0.15) is 17.0 Å². The fourth-order valence-corrected chi connectivity index (χ4v) is 3.87. The molecule has 1 fully saturated rings. The van der Waals surface area contributed by atoms with Crippen molar-refractivity contribution in [1.29, 1.82) is 0 Å². The summed E-state index contributed by atoms with van der Waals surface area (Å²) in [6.07, 6.45) is -1.12. The van der Waals surface area contributed by atoms with Crippen molar-refractivity contribution in [3.8, 4) is 11.1 Å². The van der Waals surface area contributed by atoms with Gasteiger partial charge in [-0.25, -0.2) is 4.79 Å². The van der Waals surface area contributed by atoms with Crippen molar-refractivity contribution in [3.63, 3.8) is 0 Å². The van der Waals surface area contributed by atoms with Crippen molar-refractivity contribution >= 4 is 6.09 Å². The van der Waals surface area contributed by atoms with E-state index in [1.54, 1.807) is 0 Å². The van der Waals surface area contributed by atoms with Gasteiger partial charge in [-0.2, -0.15) is 0 Å². The lowest BCUT2D eigenvalue weighted by Gasteiger charge is -2.19. The maximum Gasteiger partial charge on any atom is 0.409 e. The van der Waals surface area contributed by atoms with E-state index in [0.29, 0.717) is 6.54 Å². The fraction of sp³-hybridized carbons (Fsp3) is 0.350. The molecule has 0 spiro atoms. The summed E-state index contributed by atoms with van der Waals surface area (Å²) in [5, 5.41) is 19.1. The average Bonchev–Trinajstić information content (AvgIpc) is 3.18. The quantitative estimate of drug-likeness (QED) is 0.900. The van der Waals surface area contributed by atoms with Gasteiger partial charge in [0, 0.05) is 18.4 Å². The molecule has 5 heteroatoms. The van der Waals surface area contributed by atoms with E-state index in [2.05, 4.69) is 24.3 Å². The molecule has 0 saturated carbocycles. The molecule has 1 heterocycles. The molecular formula is C20H21NO4. The second-order valence-corrected chi connectivity index (χ2v) is 6.72. The number of hydrogen-bond donors (Lipinski definition) is 2. The number of carbonyl (C=O) groups excluding carboxylic acids is 1. The fourth-order valence-electron chi connectivity index (χ4n) is 3.87. The minimum atomic E-state index is -0.689. The summed E-state index contributed by atoms with van der Waals surface area (Å²) in [5.74, 6) is -0.266. The second kappa shape index (κ2) is 6.50. The highest BCUT2D eigenvalue weighted by Gasteiger charge is 2.35. The zero-order valence-corrected chi connectivity index (χ0v) is 13.8. The van der Waals surface area contributed by atoms with Gasteiger partial charge in [0.1, 0.15) is 6.61 Å². The Bertz CT molecular complexity index is 745.